The molecule has 0 unspecified atom stereocenters. The van der Waals surface area contributed by atoms with Crippen LogP contribution < -0.4 is 10.9 Å². The van der Waals surface area contributed by atoms with Crippen molar-refractivity contribution in [3.05, 3.63) is 36.4 Å². The minimum Gasteiger partial charge on any atom is -0.292 e. The standard InChI is InChI=1S/C9H9BN4/c1-7-2-3-8(4-9(7)10)13-14-5-11-12-6-14/h2-6,13H,1H3. The number of nitrogens with one attached hydrogen (secondary N) is 1. The molecule has 14 heavy (non-hydrogen) atoms. The molecule has 0 aliphatic heterocycles. The number of aromatic nitrogens is 3. The van der Waals surface area contributed by atoms with E-state index in [1.165, 1.54) is 0 Å². The molecule has 1 heterocycles. The molecule has 2 aromatic rings. The molecule has 0 aliphatic rings. The molecule has 0 fully saturated rings. The highest BCUT2D eigenvalue weighted by Crippen LogP contribution is 2.05. The van der Waals surface area contributed by atoms with Crippen molar-refractivity contribution in [2.45, 2.75) is 6.92 Å². The average molecular weight is 184 g/mol. The highest BCUT2D eigenvalue weighted by atomic mass is 15.5. The summed E-state index contributed by atoms with van der Waals surface area (Å²) in [5, 5.41) is 7.36. The third kappa shape index (κ3) is 1.76. The summed E-state index contributed by atoms with van der Waals surface area (Å²) < 4.78 is 1.66. The number of rotatable bonds is 2. The van der Waals surface area contributed by atoms with E-state index in [0.29, 0.717) is 0 Å². The summed E-state index contributed by atoms with van der Waals surface area (Å²) in [5.74, 6) is 0. The molecule has 68 valence electrons. The van der Waals surface area contributed by atoms with Crippen molar-refractivity contribution in [1.29, 1.82) is 0 Å². The van der Waals surface area contributed by atoms with Gasteiger partial charge in [-0.25, -0.2) is 4.68 Å². The zero-order valence-electron chi connectivity index (χ0n) is 7.81. The van der Waals surface area contributed by atoms with E-state index in [2.05, 4.69) is 15.6 Å². The molecule has 1 aromatic heterocycles. The molecular weight excluding hydrogens is 175 g/mol. The minimum atomic E-state index is 0.767. The molecule has 4 nitrogen and oxygen atoms in total. The topological polar surface area (TPSA) is 42.7 Å². The molecule has 0 saturated carbocycles. The maximum absolute atomic E-state index is 5.77. The van der Waals surface area contributed by atoms with E-state index in [1.807, 2.05) is 25.1 Å². The molecule has 1 aromatic carbocycles. The summed E-state index contributed by atoms with van der Waals surface area (Å²) in [6.07, 6.45) is 3.16. The molecule has 2 rings (SSSR count). The molecule has 5 heteroatoms. The number of hydrogen-bond acceptors (Lipinski definition) is 3. The van der Waals surface area contributed by atoms with Gasteiger partial charge in [0.15, 0.2) is 0 Å². The zero-order valence-corrected chi connectivity index (χ0v) is 7.81. The summed E-state index contributed by atoms with van der Waals surface area (Å²) in [4.78, 5) is 0. The molecule has 1 N–H and O–H groups in total. The minimum absolute atomic E-state index is 0.767. The lowest BCUT2D eigenvalue weighted by atomic mass is 9.91. The number of nitrogens with zero attached hydrogens (tertiary/aromatic N) is 3. The van der Waals surface area contributed by atoms with Gasteiger partial charge in [-0.2, -0.15) is 0 Å². The average Bonchev–Trinajstić information content (AvgIpc) is 2.64. The van der Waals surface area contributed by atoms with Gasteiger partial charge in [0.2, 0.25) is 0 Å². The van der Waals surface area contributed by atoms with Gasteiger partial charge in [0.25, 0.3) is 0 Å². The first-order valence-corrected chi connectivity index (χ1v) is 4.23. The molecule has 0 spiro atoms. The van der Waals surface area contributed by atoms with E-state index in [9.17, 15) is 0 Å². The van der Waals surface area contributed by atoms with Crippen LogP contribution in [0.4, 0.5) is 5.69 Å². The van der Waals surface area contributed by atoms with Crippen LogP contribution in [0.15, 0.2) is 30.9 Å². The first-order chi connectivity index (χ1) is 6.75. The summed E-state index contributed by atoms with van der Waals surface area (Å²) >= 11 is 0. The summed E-state index contributed by atoms with van der Waals surface area (Å²) in [6, 6.07) is 5.78. The molecule has 0 saturated heterocycles. The second-order valence-electron chi connectivity index (χ2n) is 3.05. The third-order valence-corrected chi connectivity index (χ3v) is 1.96. The summed E-state index contributed by atoms with van der Waals surface area (Å²) in [6.45, 7) is 1.97. The summed E-state index contributed by atoms with van der Waals surface area (Å²) in [7, 11) is 5.77. The van der Waals surface area contributed by atoms with Gasteiger partial charge in [0.05, 0.1) is 5.69 Å². The van der Waals surface area contributed by atoms with E-state index in [-0.39, 0.29) is 0 Å². The zero-order chi connectivity index (χ0) is 9.97. The Bertz CT molecular complexity index is 424. The van der Waals surface area contributed by atoms with Crippen molar-refractivity contribution in [2.75, 3.05) is 5.43 Å². The largest absolute Gasteiger partial charge is 0.292 e. The predicted molar refractivity (Wildman–Crippen MR) is 55.6 cm³/mol. The van der Waals surface area contributed by atoms with Gasteiger partial charge < -0.3 is 0 Å². The van der Waals surface area contributed by atoms with Crippen LogP contribution in [0.25, 0.3) is 0 Å². The van der Waals surface area contributed by atoms with Crippen LogP contribution in [-0.2, 0) is 0 Å². The predicted octanol–water partition coefficient (Wildman–Crippen LogP) is 0.256. The van der Waals surface area contributed by atoms with Crippen LogP contribution >= 0.6 is 0 Å². The number of aryl methyl sites for hydroxylation is 1. The molecule has 0 aliphatic carbocycles. The van der Waals surface area contributed by atoms with E-state index >= 15 is 0 Å². The Morgan fingerprint density at radius 3 is 2.64 bits per heavy atom. The second-order valence-corrected chi connectivity index (χ2v) is 3.05. The smallest absolute Gasteiger partial charge is 0.139 e. The lowest BCUT2D eigenvalue weighted by Crippen LogP contribution is -2.11. The Balaban J connectivity index is 2.22. The first-order valence-electron chi connectivity index (χ1n) is 4.23. The van der Waals surface area contributed by atoms with Gasteiger partial charge in [-0.1, -0.05) is 17.1 Å². The number of hydrogen-bond donors (Lipinski definition) is 1. The van der Waals surface area contributed by atoms with Crippen molar-refractivity contribution in [3.63, 3.8) is 0 Å². The van der Waals surface area contributed by atoms with Crippen molar-refractivity contribution in [3.8, 4) is 0 Å². The van der Waals surface area contributed by atoms with Crippen LogP contribution in [0.2, 0.25) is 0 Å². The van der Waals surface area contributed by atoms with Crippen LogP contribution in [-0.4, -0.2) is 22.7 Å². The van der Waals surface area contributed by atoms with Crippen molar-refractivity contribution in [1.82, 2.24) is 14.9 Å². The van der Waals surface area contributed by atoms with Crippen LogP contribution in [0, 0.1) is 6.92 Å². The van der Waals surface area contributed by atoms with Crippen molar-refractivity contribution in [2.24, 2.45) is 0 Å². The van der Waals surface area contributed by atoms with Gasteiger partial charge in [-0.05, 0) is 19.1 Å². The molecule has 0 bridgehead atoms. The second kappa shape index (κ2) is 3.53. The van der Waals surface area contributed by atoms with Crippen molar-refractivity contribution >= 4 is 19.0 Å². The van der Waals surface area contributed by atoms with E-state index in [4.69, 9.17) is 7.85 Å². The summed E-state index contributed by atoms with van der Waals surface area (Å²) in [5.41, 5.74) is 5.81. The van der Waals surface area contributed by atoms with Gasteiger partial charge in [-0.15, -0.1) is 10.2 Å². The van der Waals surface area contributed by atoms with E-state index in [1.54, 1.807) is 17.3 Å². The quantitative estimate of drug-likeness (QED) is 0.680. The highest BCUT2D eigenvalue weighted by molar-refractivity contribution is 6.33. The van der Waals surface area contributed by atoms with Crippen LogP contribution in [0.3, 0.4) is 0 Å². The maximum atomic E-state index is 5.77. The highest BCUT2D eigenvalue weighted by Gasteiger charge is 1.95. The normalized spacial score (nSPS) is 10.1. The van der Waals surface area contributed by atoms with Gasteiger partial charge in [0, 0.05) is 0 Å². The molecule has 2 radical (unpaired) electrons. The van der Waals surface area contributed by atoms with Crippen LogP contribution in [0.1, 0.15) is 5.56 Å². The van der Waals surface area contributed by atoms with Gasteiger partial charge in [0.1, 0.15) is 20.5 Å². The first kappa shape index (κ1) is 8.81. The van der Waals surface area contributed by atoms with E-state index < -0.39 is 0 Å². The maximum Gasteiger partial charge on any atom is 0.139 e. The lowest BCUT2D eigenvalue weighted by molar-refractivity contribution is 0.952. The lowest BCUT2D eigenvalue weighted by Gasteiger charge is -2.08. The number of anilines is 1. The monoisotopic (exact) mass is 184 g/mol. The Morgan fingerprint density at radius 1 is 1.29 bits per heavy atom. The Labute approximate surface area is 83.4 Å². The fourth-order valence-electron chi connectivity index (χ4n) is 1.12. The SMILES string of the molecule is [B]c1cc(Nn2cnnc2)ccc1C. The van der Waals surface area contributed by atoms with E-state index in [0.717, 1.165) is 16.7 Å². The fourth-order valence-corrected chi connectivity index (χ4v) is 1.12. The molecule has 0 atom stereocenters. The molecular formula is C9H9BN4. The Morgan fingerprint density at radius 2 is 2.00 bits per heavy atom. The van der Waals surface area contributed by atoms with Crippen LogP contribution in [0.5, 0.6) is 0 Å². The third-order valence-electron chi connectivity index (χ3n) is 1.96. The van der Waals surface area contributed by atoms with Gasteiger partial charge in [-0.3, -0.25) is 5.43 Å². The number of benzene rings is 1. The molecule has 0 amide bonds. The van der Waals surface area contributed by atoms with Gasteiger partial charge >= 0.3 is 0 Å². The Hall–Kier alpha value is -1.78. The fraction of sp³-hybridized carbons (Fsp3) is 0.111. The van der Waals surface area contributed by atoms with Crippen molar-refractivity contribution < 1.29 is 0 Å². The Kier molecular flexibility index (Phi) is 2.22.